The molecule has 7 heteroatoms. The molecular formula is C24H22BF4NO. The average molecular weight is 427 g/mol. The van der Waals surface area contributed by atoms with E-state index in [9.17, 15) is 17.3 Å². The number of nitrogens with zero attached hydrogens (tertiary/aromatic N) is 1. The lowest BCUT2D eigenvalue weighted by molar-refractivity contribution is -0.485. The van der Waals surface area contributed by atoms with Crippen molar-refractivity contribution >= 4 is 13.0 Å². The first-order chi connectivity index (χ1) is 14.9. The van der Waals surface area contributed by atoms with E-state index in [1.807, 2.05) is 6.07 Å². The predicted octanol–water partition coefficient (Wildman–Crippen LogP) is 7.37. The topological polar surface area (TPSA) is 17.2 Å². The minimum Gasteiger partial charge on any atom is -0.418 e. The van der Waals surface area contributed by atoms with E-state index >= 15 is 0 Å². The van der Waals surface area contributed by atoms with E-state index in [4.69, 9.17) is 4.42 Å². The molecule has 5 rings (SSSR count). The maximum absolute atomic E-state index is 9.75. The van der Waals surface area contributed by atoms with Gasteiger partial charge in [-0.3, -0.25) is 0 Å². The third-order valence-electron chi connectivity index (χ3n) is 5.34. The summed E-state index contributed by atoms with van der Waals surface area (Å²) in [5.41, 5.74) is 8.36. The molecule has 0 atom stereocenters. The van der Waals surface area contributed by atoms with Gasteiger partial charge in [-0.25, -0.2) is 0 Å². The summed E-state index contributed by atoms with van der Waals surface area (Å²) < 4.78 is 47.5. The van der Waals surface area contributed by atoms with E-state index in [-0.39, 0.29) is 0 Å². The molecule has 2 aromatic carbocycles. The van der Waals surface area contributed by atoms with Crippen molar-refractivity contribution in [2.24, 2.45) is 0 Å². The molecule has 0 saturated carbocycles. The van der Waals surface area contributed by atoms with Gasteiger partial charge in [0, 0.05) is 11.6 Å². The molecule has 0 saturated heterocycles. The number of benzene rings is 2. The number of fused-ring (bicyclic) bond motifs is 3. The van der Waals surface area contributed by atoms with E-state index in [0.717, 1.165) is 23.5 Å². The molecule has 0 fully saturated rings. The summed E-state index contributed by atoms with van der Waals surface area (Å²) >= 11 is 0. The molecule has 0 unspecified atom stereocenters. The summed E-state index contributed by atoms with van der Waals surface area (Å²) in [6.07, 6.45) is 4.98. The summed E-state index contributed by atoms with van der Waals surface area (Å²) in [4.78, 5) is 0. The molecule has 31 heavy (non-hydrogen) atoms. The maximum Gasteiger partial charge on any atom is 0.673 e. The molecule has 2 aromatic heterocycles. The molecule has 160 valence electrons. The van der Waals surface area contributed by atoms with E-state index in [2.05, 4.69) is 72.0 Å². The van der Waals surface area contributed by atoms with Crippen LogP contribution in [0.2, 0.25) is 0 Å². The monoisotopic (exact) mass is 427 g/mol. The summed E-state index contributed by atoms with van der Waals surface area (Å²) in [6, 6.07) is 23.8. The van der Waals surface area contributed by atoms with E-state index in [1.54, 1.807) is 0 Å². The normalized spacial score (nSPS) is 11.9. The highest BCUT2D eigenvalue weighted by Gasteiger charge is 2.37. The Balaban J connectivity index is 0.000000418. The first kappa shape index (κ1) is 21.2. The lowest BCUT2D eigenvalue weighted by Gasteiger charge is -2.02. The van der Waals surface area contributed by atoms with Gasteiger partial charge in [0.1, 0.15) is 0 Å². The summed E-state index contributed by atoms with van der Waals surface area (Å²) in [6.45, 7) is 2.25. The zero-order valence-electron chi connectivity index (χ0n) is 17.1. The van der Waals surface area contributed by atoms with Gasteiger partial charge in [-0.1, -0.05) is 56.2 Å². The van der Waals surface area contributed by atoms with Crippen molar-refractivity contribution in [1.29, 1.82) is 0 Å². The number of hydrogen-bond donors (Lipinski definition) is 0. The van der Waals surface area contributed by atoms with Gasteiger partial charge in [0.15, 0.2) is 0 Å². The van der Waals surface area contributed by atoms with Gasteiger partial charge in [-0.05, 0) is 36.6 Å². The van der Waals surface area contributed by atoms with Crippen molar-refractivity contribution in [3.05, 3.63) is 72.3 Å². The second-order valence-corrected chi connectivity index (χ2v) is 7.56. The van der Waals surface area contributed by atoms with E-state index in [0.29, 0.717) is 0 Å². The summed E-state index contributed by atoms with van der Waals surface area (Å²) in [5, 5.41) is 0. The van der Waals surface area contributed by atoms with E-state index < -0.39 is 7.25 Å². The van der Waals surface area contributed by atoms with Gasteiger partial charge in [-0.2, -0.15) is 0 Å². The van der Waals surface area contributed by atoms with Crippen LogP contribution in [0.15, 0.2) is 71.1 Å². The minimum absolute atomic E-state index is 0.899. The van der Waals surface area contributed by atoms with Crippen molar-refractivity contribution in [2.45, 2.75) is 32.6 Å². The van der Waals surface area contributed by atoms with Crippen LogP contribution in [0.3, 0.4) is 0 Å². The van der Waals surface area contributed by atoms with Crippen LogP contribution in [0.1, 0.15) is 31.7 Å². The van der Waals surface area contributed by atoms with Crippen LogP contribution in [-0.4, -0.2) is 7.25 Å². The van der Waals surface area contributed by atoms with E-state index in [1.165, 1.54) is 47.3 Å². The van der Waals surface area contributed by atoms with Gasteiger partial charge in [0.25, 0.3) is 5.69 Å². The molecule has 0 radical (unpaired) electrons. The molecule has 1 aliphatic heterocycles. The third-order valence-corrected chi connectivity index (χ3v) is 5.34. The molecule has 0 aliphatic carbocycles. The number of pyridine rings is 1. The van der Waals surface area contributed by atoms with Crippen molar-refractivity contribution < 1.29 is 26.1 Å². The highest BCUT2D eigenvalue weighted by molar-refractivity contribution is 6.50. The van der Waals surface area contributed by atoms with Gasteiger partial charge in [-0.15, -0.1) is 4.40 Å². The lowest BCUT2D eigenvalue weighted by atomic mass is 10.0. The van der Waals surface area contributed by atoms with Crippen LogP contribution in [0.25, 0.3) is 39.6 Å². The Morgan fingerprint density at radius 3 is 2.16 bits per heavy atom. The predicted molar refractivity (Wildman–Crippen MR) is 115 cm³/mol. The summed E-state index contributed by atoms with van der Waals surface area (Å²) in [5.74, 6) is 0.961. The Labute approximate surface area is 178 Å². The first-order valence-electron chi connectivity index (χ1n) is 10.4. The quantitative estimate of drug-likeness (QED) is 0.124. The van der Waals surface area contributed by atoms with Gasteiger partial charge < -0.3 is 21.7 Å². The maximum atomic E-state index is 9.75. The fourth-order valence-corrected chi connectivity index (χ4v) is 4.02. The largest absolute Gasteiger partial charge is 0.673 e. The fourth-order valence-electron chi connectivity index (χ4n) is 4.02. The van der Waals surface area contributed by atoms with Crippen molar-refractivity contribution in [3.63, 3.8) is 0 Å². The minimum atomic E-state index is -6.00. The number of oxazole rings is 1. The second-order valence-electron chi connectivity index (χ2n) is 7.56. The molecule has 0 bridgehead atoms. The second kappa shape index (κ2) is 8.57. The molecule has 4 aromatic rings. The highest BCUT2D eigenvalue weighted by atomic mass is 19.5. The van der Waals surface area contributed by atoms with Crippen molar-refractivity contribution in [3.8, 4) is 33.8 Å². The molecule has 3 heterocycles. The number of aromatic nitrogens is 1. The number of rotatable bonds is 5. The molecule has 0 amide bonds. The molecule has 0 spiro atoms. The molecule has 1 aliphatic rings. The van der Waals surface area contributed by atoms with Crippen LogP contribution in [0.4, 0.5) is 17.3 Å². The molecule has 0 N–H and O–H groups in total. The van der Waals surface area contributed by atoms with Gasteiger partial charge in [0.05, 0.1) is 17.2 Å². The fraction of sp³-hybridized carbons (Fsp3) is 0.208. The Morgan fingerprint density at radius 2 is 1.48 bits per heavy atom. The average Bonchev–Trinajstić information content (AvgIpc) is 3.28. The standard InChI is InChI=1S/C24H22NO.BF4/c1-2-3-4-8-17-13-15-18(16-14-17)24-23-20-10-6-5-9-19(20)21-11-7-12-22(26-24)25(21)23;2-1(3,4)5/h5-7,9-16H,2-4,8H2,1H3;/q+1;-1. The van der Waals surface area contributed by atoms with Gasteiger partial charge in [0.2, 0.25) is 11.5 Å². The number of aryl methyl sites for hydroxylation is 1. The first-order valence-corrected chi connectivity index (χ1v) is 10.4. The third kappa shape index (κ3) is 4.50. The molecular weight excluding hydrogens is 405 g/mol. The van der Waals surface area contributed by atoms with Crippen molar-refractivity contribution in [1.82, 2.24) is 0 Å². The van der Waals surface area contributed by atoms with Crippen LogP contribution in [-0.2, 0) is 6.42 Å². The smallest absolute Gasteiger partial charge is 0.418 e. The Hall–Kier alpha value is -3.09. The Kier molecular flexibility index (Phi) is 5.85. The zero-order chi connectivity index (χ0) is 22.0. The van der Waals surface area contributed by atoms with Crippen LogP contribution < -0.4 is 4.40 Å². The number of hydrogen-bond acceptors (Lipinski definition) is 1. The Morgan fingerprint density at radius 1 is 0.806 bits per heavy atom. The lowest BCUT2D eigenvalue weighted by Crippen LogP contribution is -2.20. The van der Waals surface area contributed by atoms with Crippen LogP contribution in [0, 0.1) is 0 Å². The number of unbranched alkanes of at least 4 members (excludes halogenated alkanes) is 2. The van der Waals surface area contributed by atoms with Crippen LogP contribution in [0.5, 0.6) is 0 Å². The van der Waals surface area contributed by atoms with Crippen molar-refractivity contribution in [2.75, 3.05) is 0 Å². The van der Waals surface area contributed by atoms with Gasteiger partial charge >= 0.3 is 13.0 Å². The molecule has 2 nitrogen and oxygen atoms in total. The zero-order valence-corrected chi connectivity index (χ0v) is 17.1. The van der Waals surface area contributed by atoms with Crippen LogP contribution >= 0.6 is 0 Å². The Bertz CT molecular complexity index is 1190. The SMILES string of the molecule is CCCCCc1ccc(-c2oc3cccc4[n+]3c2-c2ccccc2-4)cc1.F[B-](F)(F)F. The summed E-state index contributed by atoms with van der Waals surface area (Å²) in [7, 11) is -6.00. The number of halogens is 4. The highest BCUT2D eigenvalue weighted by Crippen LogP contribution is 2.41.